The third-order valence-corrected chi connectivity index (χ3v) is 3.36. The van der Waals surface area contributed by atoms with Crippen LogP contribution >= 0.6 is 12.4 Å². The number of nitrogens with zero attached hydrogens (tertiary/aromatic N) is 1. The highest BCUT2D eigenvalue weighted by atomic mass is 35.5. The molecule has 1 amide bonds. The molecule has 2 rings (SSSR count). The summed E-state index contributed by atoms with van der Waals surface area (Å²) in [4.78, 5) is 12.9. The number of halogens is 1. The molecule has 0 spiro atoms. The molecule has 0 saturated heterocycles. The smallest absolute Gasteiger partial charge is 0.211 e. The molecule has 1 aromatic carbocycles. The highest BCUT2D eigenvalue weighted by Gasteiger charge is 2.34. The van der Waals surface area contributed by atoms with Crippen molar-refractivity contribution < 1.29 is 4.79 Å². The summed E-state index contributed by atoms with van der Waals surface area (Å²) in [6, 6.07) is 9.98. The van der Waals surface area contributed by atoms with Gasteiger partial charge in [-0.2, -0.15) is 0 Å². The van der Waals surface area contributed by atoms with Gasteiger partial charge in [0.15, 0.2) is 0 Å². The lowest BCUT2D eigenvalue weighted by Crippen LogP contribution is -2.52. The van der Waals surface area contributed by atoms with Gasteiger partial charge in [0.25, 0.3) is 0 Å². The molecule has 3 nitrogen and oxygen atoms in total. The summed E-state index contributed by atoms with van der Waals surface area (Å²) in [6.45, 7) is 0.612. The Morgan fingerprint density at radius 1 is 1.24 bits per heavy atom. The third-order valence-electron chi connectivity index (χ3n) is 3.36. The molecule has 0 heterocycles. The number of nitrogens with two attached hydrogens (primary N) is 1. The third kappa shape index (κ3) is 3.20. The number of hydrogen-bond donors (Lipinski definition) is 1. The first kappa shape index (κ1) is 14.0. The van der Waals surface area contributed by atoms with Crippen molar-refractivity contribution in [3.63, 3.8) is 0 Å². The number of rotatable bonds is 4. The van der Waals surface area contributed by atoms with Crippen molar-refractivity contribution in [2.24, 2.45) is 5.73 Å². The largest absolute Gasteiger partial charge is 0.323 e. The van der Waals surface area contributed by atoms with Crippen LogP contribution in [-0.2, 0) is 11.3 Å². The predicted octanol–water partition coefficient (Wildman–Crippen LogP) is 2.30. The van der Waals surface area contributed by atoms with E-state index < -0.39 is 5.66 Å². The highest BCUT2D eigenvalue weighted by molar-refractivity contribution is 5.85. The van der Waals surface area contributed by atoms with Crippen molar-refractivity contribution in [2.45, 2.75) is 37.9 Å². The number of hydrogen-bond acceptors (Lipinski definition) is 2. The quantitative estimate of drug-likeness (QED) is 0.662. The second kappa shape index (κ2) is 6.03. The van der Waals surface area contributed by atoms with Crippen molar-refractivity contribution in [1.82, 2.24) is 4.90 Å². The number of carbonyl (C=O) groups excluding carboxylic acids is 1. The first-order valence-electron chi connectivity index (χ1n) is 5.79. The van der Waals surface area contributed by atoms with Crippen LogP contribution in [0.3, 0.4) is 0 Å². The first-order valence-corrected chi connectivity index (χ1v) is 5.79. The molecule has 1 fully saturated rings. The fraction of sp³-hybridized carbons (Fsp3) is 0.462. The Morgan fingerprint density at radius 2 is 1.82 bits per heavy atom. The van der Waals surface area contributed by atoms with Crippen LogP contribution in [0.4, 0.5) is 0 Å². The van der Waals surface area contributed by atoms with Gasteiger partial charge in [-0.05, 0) is 31.2 Å². The average Bonchev–Trinajstić information content (AvgIpc) is 2.75. The molecule has 94 valence electrons. The van der Waals surface area contributed by atoms with E-state index in [0.29, 0.717) is 6.54 Å². The summed E-state index contributed by atoms with van der Waals surface area (Å²) in [5.41, 5.74) is 6.97. The van der Waals surface area contributed by atoms with E-state index in [-0.39, 0.29) is 12.4 Å². The zero-order valence-electron chi connectivity index (χ0n) is 9.84. The molecule has 2 N–H and O–H groups in total. The van der Waals surface area contributed by atoms with Crippen molar-refractivity contribution in [3.8, 4) is 0 Å². The summed E-state index contributed by atoms with van der Waals surface area (Å²) in [5, 5.41) is 0. The number of carbonyl (C=O) groups is 1. The second-order valence-electron chi connectivity index (χ2n) is 4.53. The molecular weight excluding hydrogens is 236 g/mol. The maximum atomic E-state index is 11.1. The van der Waals surface area contributed by atoms with E-state index in [0.717, 1.165) is 37.7 Å². The van der Waals surface area contributed by atoms with Gasteiger partial charge >= 0.3 is 0 Å². The lowest BCUT2D eigenvalue weighted by Gasteiger charge is -2.35. The van der Waals surface area contributed by atoms with Crippen molar-refractivity contribution >= 4 is 18.8 Å². The molecule has 0 bridgehead atoms. The molecule has 17 heavy (non-hydrogen) atoms. The Labute approximate surface area is 108 Å². The van der Waals surface area contributed by atoms with Crippen LogP contribution in [-0.4, -0.2) is 17.0 Å². The van der Waals surface area contributed by atoms with Gasteiger partial charge in [-0.15, -0.1) is 12.4 Å². The maximum Gasteiger partial charge on any atom is 0.211 e. The molecule has 1 saturated carbocycles. The van der Waals surface area contributed by atoms with Crippen LogP contribution in [0.1, 0.15) is 31.2 Å². The van der Waals surface area contributed by atoms with Gasteiger partial charge in [0, 0.05) is 6.54 Å². The molecule has 0 radical (unpaired) electrons. The minimum absolute atomic E-state index is 0. The minimum atomic E-state index is -0.419. The van der Waals surface area contributed by atoms with Crippen molar-refractivity contribution in [3.05, 3.63) is 35.9 Å². The maximum absolute atomic E-state index is 11.1. The zero-order chi connectivity index (χ0) is 11.4. The number of amides is 1. The van der Waals surface area contributed by atoms with E-state index in [1.165, 1.54) is 0 Å². The van der Waals surface area contributed by atoms with E-state index in [2.05, 4.69) is 0 Å². The molecule has 1 aliphatic rings. The summed E-state index contributed by atoms with van der Waals surface area (Å²) in [6.07, 6.45) is 4.96. The molecule has 1 aliphatic carbocycles. The van der Waals surface area contributed by atoms with Crippen LogP contribution in [0, 0.1) is 0 Å². The van der Waals surface area contributed by atoms with Crippen LogP contribution in [0.2, 0.25) is 0 Å². The van der Waals surface area contributed by atoms with E-state index in [9.17, 15) is 4.79 Å². The summed E-state index contributed by atoms with van der Waals surface area (Å²) >= 11 is 0. The first-order chi connectivity index (χ1) is 7.74. The lowest BCUT2D eigenvalue weighted by atomic mass is 10.1. The van der Waals surface area contributed by atoms with Crippen molar-refractivity contribution in [1.29, 1.82) is 0 Å². The fourth-order valence-corrected chi connectivity index (χ4v) is 2.35. The summed E-state index contributed by atoms with van der Waals surface area (Å²) < 4.78 is 0. The SMILES string of the molecule is Cl.NC1(N(C=O)Cc2ccccc2)CCCC1. The topological polar surface area (TPSA) is 46.3 Å². The zero-order valence-corrected chi connectivity index (χ0v) is 10.7. The van der Waals surface area contributed by atoms with E-state index >= 15 is 0 Å². The van der Waals surface area contributed by atoms with E-state index in [1.807, 2.05) is 30.3 Å². The second-order valence-corrected chi connectivity index (χ2v) is 4.53. The minimum Gasteiger partial charge on any atom is -0.323 e. The van der Waals surface area contributed by atoms with Crippen LogP contribution in [0.5, 0.6) is 0 Å². The molecule has 1 aromatic rings. The van der Waals surface area contributed by atoms with Gasteiger partial charge in [-0.25, -0.2) is 0 Å². The summed E-state index contributed by atoms with van der Waals surface area (Å²) in [5.74, 6) is 0. The Bertz CT molecular complexity index is 350. The van der Waals surface area contributed by atoms with Gasteiger partial charge in [0.2, 0.25) is 6.41 Å². The van der Waals surface area contributed by atoms with Gasteiger partial charge in [-0.1, -0.05) is 30.3 Å². The summed E-state index contributed by atoms with van der Waals surface area (Å²) in [7, 11) is 0. The normalized spacial score (nSPS) is 17.2. The highest BCUT2D eigenvalue weighted by Crippen LogP contribution is 2.30. The Balaban J connectivity index is 0.00000144. The Hall–Kier alpha value is -1.06. The van der Waals surface area contributed by atoms with Gasteiger partial charge < -0.3 is 10.6 Å². The molecular formula is C13H19ClN2O. The molecule has 4 heteroatoms. The molecule has 0 aromatic heterocycles. The Morgan fingerprint density at radius 3 is 2.35 bits per heavy atom. The van der Waals surface area contributed by atoms with Crippen molar-refractivity contribution in [2.75, 3.05) is 0 Å². The van der Waals surface area contributed by atoms with Crippen LogP contribution in [0.15, 0.2) is 30.3 Å². The van der Waals surface area contributed by atoms with Gasteiger partial charge in [-0.3, -0.25) is 4.79 Å². The fourth-order valence-electron chi connectivity index (χ4n) is 2.35. The Kier molecular flexibility index (Phi) is 4.97. The van der Waals surface area contributed by atoms with E-state index in [1.54, 1.807) is 4.90 Å². The molecule has 0 unspecified atom stereocenters. The van der Waals surface area contributed by atoms with Gasteiger partial charge in [0.1, 0.15) is 0 Å². The standard InChI is InChI=1S/C13H18N2O.ClH/c14-13(8-4-5-9-13)15(11-16)10-12-6-2-1-3-7-12;/h1-3,6-7,11H,4-5,8-10,14H2;1H. The van der Waals surface area contributed by atoms with Crippen LogP contribution in [0.25, 0.3) is 0 Å². The monoisotopic (exact) mass is 254 g/mol. The van der Waals surface area contributed by atoms with Gasteiger partial charge in [0.05, 0.1) is 5.66 Å². The lowest BCUT2D eigenvalue weighted by molar-refractivity contribution is -0.124. The molecule has 0 atom stereocenters. The number of benzene rings is 1. The molecule has 0 aliphatic heterocycles. The van der Waals surface area contributed by atoms with E-state index in [4.69, 9.17) is 5.73 Å². The van der Waals surface area contributed by atoms with Crippen LogP contribution < -0.4 is 5.73 Å². The predicted molar refractivity (Wildman–Crippen MR) is 70.7 cm³/mol. The average molecular weight is 255 g/mol.